The zero-order chi connectivity index (χ0) is 21.4. The first-order valence-corrected chi connectivity index (χ1v) is 12.0. The number of rotatable bonds is 17. The summed E-state index contributed by atoms with van der Waals surface area (Å²) in [4.78, 5) is 14.3. The molecule has 3 heteroatoms. The Morgan fingerprint density at radius 2 is 1.34 bits per heavy atom. The minimum atomic E-state index is 0.306. The highest BCUT2D eigenvalue weighted by molar-refractivity contribution is 5.75. The molecule has 0 atom stereocenters. The van der Waals surface area contributed by atoms with Gasteiger partial charge in [0.15, 0.2) is 0 Å². The SMILES string of the molecule is CCCCCCCCCCCCCC(=O)N(C)CC[N+](C)(C)Cc1ccccc1. The van der Waals surface area contributed by atoms with Gasteiger partial charge in [-0.25, -0.2) is 0 Å². The predicted octanol–water partition coefficient (Wildman–Crippen LogP) is 6.42. The summed E-state index contributed by atoms with van der Waals surface area (Å²) in [5, 5.41) is 0. The molecule has 0 radical (unpaired) electrons. The van der Waals surface area contributed by atoms with Crippen molar-refractivity contribution in [2.24, 2.45) is 0 Å². The Balaban J connectivity index is 2.05. The van der Waals surface area contributed by atoms with Crippen molar-refractivity contribution >= 4 is 5.91 Å². The van der Waals surface area contributed by atoms with Crippen LogP contribution in [0.15, 0.2) is 30.3 Å². The van der Waals surface area contributed by atoms with E-state index in [1.807, 2.05) is 11.9 Å². The summed E-state index contributed by atoms with van der Waals surface area (Å²) in [5.74, 6) is 0.306. The van der Waals surface area contributed by atoms with E-state index in [0.717, 1.165) is 30.5 Å². The number of benzene rings is 1. The number of nitrogens with zero attached hydrogens (tertiary/aromatic N) is 2. The van der Waals surface area contributed by atoms with Crippen LogP contribution in [-0.4, -0.2) is 49.5 Å². The molecular formula is C26H47N2O+. The highest BCUT2D eigenvalue weighted by atomic mass is 16.2. The number of amides is 1. The summed E-state index contributed by atoms with van der Waals surface area (Å²) in [5.41, 5.74) is 1.35. The molecule has 0 heterocycles. The molecule has 0 unspecified atom stereocenters. The number of unbranched alkanes of at least 4 members (excludes halogenated alkanes) is 10. The van der Waals surface area contributed by atoms with Gasteiger partial charge in [0.2, 0.25) is 5.91 Å². The summed E-state index contributed by atoms with van der Waals surface area (Å²) < 4.78 is 0.903. The molecule has 0 saturated carbocycles. The van der Waals surface area contributed by atoms with Gasteiger partial charge in [-0.05, 0) is 6.42 Å². The first kappa shape index (κ1) is 25.7. The zero-order valence-corrected chi connectivity index (χ0v) is 19.8. The van der Waals surface area contributed by atoms with E-state index < -0.39 is 0 Å². The van der Waals surface area contributed by atoms with Crippen LogP contribution >= 0.6 is 0 Å². The van der Waals surface area contributed by atoms with Crippen LogP contribution in [0.25, 0.3) is 0 Å². The Morgan fingerprint density at radius 3 is 1.90 bits per heavy atom. The van der Waals surface area contributed by atoms with Gasteiger partial charge in [0, 0.05) is 19.0 Å². The second-order valence-corrected chi connectivity index (χ2v) is 9.40. The van der Waals surface area contributed by atoms with E-state index in [1.54, 1.807) is 0 Å². The smallest absolute Gasteiger partial charge is 0.222 e. The van der Waals surface area contributed by atoms with Crippen LogP contribution in [0.3, 0.4) is 0 Å². The first-order chi connectivity index (χ1) is 13.9. The van der Waals surface area contributed by atoms with Gasteiger partial charge < -0.3 is 9.38 Å². The van der Waals surface area contributed by atoms with Crippen molar-refractivity contribution in [3.8, 4) is 0 Å². The normalized spacial score (nSPS) is 11.6. The number of carbonyl (C=O) groups excluding carboxylic acids is 1. The van der Waals surface area contributed by atoms with Crippen LogP contribution in [0.5, 0.6) is 0 Å². The molecule has 0 N–H and O–H groups in total. The van der Waals surface area contributed by atoms with Crippen LogP contribution < -0.4 is 0 Å². The van der Waals surface area contributed by atoms with E-state index in [9.17, 15) is 4.79 Å². The van der Waals surface area contributed by atoms with Crippen molar-refractivity contribution in [3.63, 3.8) is 0 Å². The molecule has 0 aliphatic heterocycles. The van der Waals surface area contributed by atoms with E-state index in [4.69, 9.17) is 0 Å². The number of hydrogen-bond donors (Lipinski definition) is 0. The Labute approximate surface area is 181 Å². The van der Waals surface area contributed by atoms with Gasteiger partial charge in [-0.1, -0.05) is 101 Å². The summed E-state index contributed by atoms with van der Waals surface area (Å²) >= 11 is 0. The summed E-state index contributed by atoms with van der Waals surface area (Å²) in [6, 6.07) is 10.6. The lowest BCUT2D eigenvalue weighted by atomic mass is 10.1. The molecule has 0 saturated heterocycles. The molecule has 166 valence electrons. The lowest BCUT2D eigenvalue weighted by Gasteiger charge is -2.32. The fraction of sp³-hybridized carbons (Fsp3) is 0.731. The zero-order valence-electron chi connectivity index (χ0n) is 19.8. The van der Waals surface area contributed by atoms with Gasteiger partial charge >= 0.3 is 0 Å². The molecule has 3 nitrogen and oxygen atoms in total. The fourth-order valence-corrected chi connectivity index (χ4v) is 3.83. The maximum absolute atomic E-state index is 12.4. The molecule has 1 amide bonds. The summed E-state index contributed by atoms with van der Waals surface area (Å²) in [7, 11) is 6.45. The second kappa shape index (κ2) is 15.5. The predicted molar refractivity (Wildman–Crippen MR) is 126 cm³/mol. The van der Waals surface area contributed by atoms with E-state index in [0.29, 0.717) is 12.3 Å². The number of hydrogen-bond acceptors (Lipinski definition) is 1. The Hall–Kier alpha value is -1.35. The molecule has 0 spiro atoms. The van der Waals surface area contributed by atoms with Gasteiger partial charge in [-0.3, -0.25) is 4.79 Å². The number of quaternary nitrogens is 1. The fourth-order valence-electron chi connectivity index (χ4n) is 3.83. The molecule has 0 aliphatic rings. The van der Waals surface area contributed by atoms with Crippen molar-refractivity contribution in [3.05, 3.63) is 35.9 Å². The van der Waals surface area contributed by atoms with Crippen molar-refractivity contribution in [1.82, 2.24) is 4.90 Å². The van der Waals surface area contributed by atoms with Crippen LogP contribution in [0.4, 0.5) is 0 Å². The molecule has 0 fully saturated rings. The minimum absolute atomic E-state index is 0.306. The van der Waals surface area contributed by atoms with E-state index in [1.165, 1.54) is 69.8 Å². The third-order valence-corrected chi connectivity index (χ3v) is 5.91. The van der Waals surface area contributed by atoms with E-state index >= 15 is 0 Å². The highest BCUT2D eigenvalue weighted by Gasteiger charge is 2.18. The molecule has 1 rings (SSSR count). The Kier molecular flexibility index (Phi) is 13.7. The maximum Gasteiger partial charge on any atom is 0.222 e. The molecular weight excluding hydrogens is 356 g/mol. The number of carbonyl (C=O) groups is 1. The monoisotopic (exact) mass is 403 g/mol. The van der Waals surface area contributed by atoms with Crippen molar-refractivity contribution in [1.29, 1.82) is 0 Å². The van der Waals surface area contributed by atoms with Crippen molar-refractivity contribution in [2.45, 2.75) is 90.5 Å². The van der Waals surface area contributed by atoms with Crippen molar-refractivity contribution < 1.29 is 9.28 Å². The highest BCUT2D eigenvalue weighted by Crippen LogP contribution is 2.13. The Morgan fingerprint density at radius 1 is 0.828 bits per heavy atom. The molecule has 0 aromatic heterocycles. The van der Waals surface area contributed by atoms with Gasteiger partial charge in [0.05, 0.1) is 27.2 Å². The lowest BCUT2D eigenvalue weighted by Crippen LogP contribution is -2.45. The molecule has 0 aliphatic carbocycles. The average Bonchev–Trinajstić information content (AvgIpc) is 2.70. The molecule has 1 aromatic rings. The standard InChI is InChI=1S/C26H47N2O/c1-5-6-7-8-9-10-11-12-13-14-18-21-26(29)27(2)22-23-28(3,4)24-25-19-16-15-17-20-25/h15-17,19-20H,5-14,18,21-24H2,1-4H3/q+1. The van der Waals surface area contributed by atoms with E-state index in [2.05, 4.69) is 51.4 Å². The third kappa shape index (κ3) is 13.5. The molecule has 0 bridgehead atoms. The lowest BCUT2D eigenvalue weighted by molar-refractivity contribution is -0.903. The van der Waals surface area contributed by atoms with E-state index in [-0.39, 0.29) is 0 Å². The quantitative estimate of drug-likeness (QED) is 0.217. The van der Waals surface area contributed by atoms with Gasteiger partial charge in [-0.15, -0.1) is 0 Å². The van der Waals surface area contributed by atoms with Gasteiger partial charge in [-0.2, -0.15) is 0 Å². The molecule has 1 aromatic carbocycles. The topological polar surface area (TPSA) is 20.3 Å². The van der Waals surface area contributed by atoms with Crippen LogP contribution in [0.2, 0.25) is 0 Å². The van der Waals surface area contributed by atoms with Crippen LogP contribution in [0, 0.1) is 0 Å². The summed E-state index contributed by atoms with van der Waals surface area (Å²) in [6.45, 7) is 5.09. The minimum Gasteiger partial charge on any atom is -0.340 e. The Bertz CT molecular complexity index is 527. The number of likely N-dealkylation sites (N-methyl/N-ethyl adjacent to an activating group) is 2. The third-order valence-electron chi connectivity index (χ3n) is 5.91. The van der Waals surface area contributed by atoms with Gasteiger partial charge in [0.25, 0.3) is 0 Å². The largest absolute Gasteiger partial charge is 0.340 e. The van der Waals surface area contributed by atoms with Crippen molar-refractivity contribution in [2.75, 3.05) is 34.2 Å². The van der Waals surface area contributed by atoms with Crippen LogP contribution in [0.1, 0.15) is 89.5 Å². The first-order valence-electron chi connectivity index (χ1n) is 12.0. The van der Waals surface area contributed by atoms with Crippen LogP contribution in [-0.2, 0) is 11.3 Å². The van der Waals surface area contributed by atoms with Gasteiger partial charge in [0.1, 0.15) is 6.54 Å². The maximum atomic E-state index is 12.4. The summed E-state index contributed by atoms with van der Waals surface area (Å²) in [6.07, 6.45) is 15.3. The molecule has 29 heavy (non-hydrogen) atoms. The average molecular weight is 404 g/mol. The second-order valence-electron chi connectivity index (χ2n) is 9.40.